The molecule has 1 aliphatic heterocycles. The minimum Gasteiger partial charge on any atom is -0.497 e. The average Bonchev–Trinajstić information content (AvgIpc) is 3.45. The first-order chi connectivity index (χ1) is 18.0. The van der Waals surface area contributed by atoms with Crippen molar-refractivity contribution in [3.63, 3.8) is 0 Å². The molecule has 3 aromatic rings. The molecule has 2 N–H and O–H groups in total. The molecule has 2 heterocycles. The van der Waals surface area contributed by atoms with Gasteiger partial charge in [0.05, 0.1) is 13.2 Å². The third-order valence-corrected chi connectivity index (χ3v) is 7.72. The second-order valence-corrected chi connectivity index (χ2v) is 10.4. The molecule has 2 atom stereocenters. The van der Waals surface area contributed by atoms with Crippen LogP contribution in [0.2, 0.25) is 0 Å². The second kappa shape index (κ2) is 13.4. The highest BCUT2D eigenvalue weighted by atomic mass is 32.1. The van der Waals surface area contributed by atoms with E-state index in [0.717, 1.165) is 44.0 Å². The molecule has 0 radical (unpaired) electrons. The van der Waals surface area contributed by atoms with Crippen LogP contribution in [-0.4, -0.2) is 67.5 Å². The van der Waals surface area contributed by atoms with E-state index in [0.29, 0.717) is 13.0 Å². The van der Waals surface area contributed by atoms with Crippen LogP contribution in [-0.2, 0) is 22.6 Å². The van der Waals surface area contributed by atoms with Crippen molar-refractivity contribution in [1.82, 2.24) is 20.4 Å². The Labute approximate surface area is 223 Å². The van der Waals surface area contributed by atoms with Gasteiger partial charge in [0.25, 0.3) is 0 Å². The van der Waals surface area contributed by atoms with Crippen LogP contribution in [0, 0.1) is 0 Å². The Kier molecular flexibility index (Phi) is 9.71. The quantitative estimate of drug-likeness (QED) is 0.401. The van der Waals surface area contributed by atoms with Crippen molar-refractivity contribution >= 4 is 23.2 Å². The van der Waals surface area contributed by atoms with Crippen LogP contribution in [0.3, 0.4) is 0 Å². The highest BCUT2D eigenvalue weighted by molar-refractivity contribution is 7.10. The third-order valence-electron chi connectivity index (χ3n) is 6.78. The van der Waals surface area contributed by atoms with Gasteiger partial charge in [0, 0.05) is 50.2 Å². The normalized spacial score (nSPS) is 16.1. The molecule has 0 saturated carbocycles. The standard InChI is InChI=1S/C29H36N4O3S/c1-22(31-29(35)28(34)30-15-14-23-10-12-25(36-2)13-11-23)27(26-9-6-20-37-26)33-18-16-32(17-19-33)21-24-7-4-3-5-8-24/h3-13,20,22,27H,14-19,21H2,1-2H3,(H,30,34)(H,31,35)/t22-,27+/m1/s1. The number of hydrogen-bond donors (Lipinski definition) is 2. The number of thiophene rings is 1. The summed E-state index contributed by atoms with van der Waals surface area (Å²) in [4.78, 5) is 31.3. The number of piperazine rings is 1. The van der Waals surface area contributed by atoms with Crippen LogP contribution in [0.1, 0.15) is 29.0 Å². The Morgan fingerprint density at radius 3 is 2.30 bits per heavy atom. The number of ether oxygens (including phenoxy) is 1. The maximum atomic E-state index is 12.7. The van der Waals surface area contributed by atoms with Gasteiger partial charge in [-0.05, 0) is 48.1 Å². The molecular weight excluding hydrogens is 484 g/mol. The maximum absolute atomic E-state index is 12.7. The SMILES string of the molecule is COc1ccc(CCNC(=O)C(=O)N[C@H](C)[C@@H](c2cccs2)N2CCN(Cc3ccccc3)CC2)cc1. The first-order valence-electron chi connectivity index (χ1n) is 12.8. The minimum absolute atomic E-state index is 0.0231. The smallest absolute Gasteiger partial charge is 0.309 e. The number of nitrogens with zero attached hydrogens (tertiary/aromatic N) is 2. The van der Waals surface area contributed by atoms with Crippen LogP contribution in [0.25, 0.3) is 0 Å². The van der Waals surface area contributed by atoms with Gasteiger partial charge in [-0.25, -0.2) is 0 Å². The maximum Gasteiger partial charge on any atom is 0.309 e. The average molecular weight is 521 g/mol. The highest BCUT2D eigenvalue weighted by Gasteiger charge is 2.31. The summed E-state index contributed by atoms with van der Waals surface area (Å²) in [7, 11) is 1.63. The predicted molar refractivity (Wildman–Crippen MR) is 148 cm³/mol. The molecule has 196 valence electrons. The lowest BCUT2D eigenvalue weighted by Crippen LogP contribution is -2.53. The third kappa shape index (κ3) is 7.64. The summed E-state index contributed by atoms with van der Waals surface area (Å²) in [5, 5.41) is 7.78. The topological polar surface area (TPSA) is 73.9 Å². The molecule has 2 aromatic carbocycles. The van der Waals surface area contributed by atoms with E-state index in [9.17, 15) is 9.59 Å². The van der Waals surface area contributed by atoms with Crippen molar-refractivity contribution in [3.8, 4) is 5.75 Å². The van der Waals surface area contributed by atoms with Crippen molar-refractivity contribution in [1.29, 1.82) is 0 Å². The first kappa shape index (κ1) is 26.9. The van der Waals surface area contributed by atoms with Crippen molar-refractivity contribution < 1.29 is 14.3 Å². The van der Waals surface area contributed by atoms with Gasteiger partial charge in [-0.1, -0.05) is 48.5 Å². The first-order valence-corrected chi connectivity index (χ1v) is 13.7. The summed E-state index contributed by atoms with van der Waals surface area (Å²) in [6.07, 6.45) is 0.643. The number of methoxy groups -OCH3 is 1. The van der Waals surface area contributed by atoms with Gasteiger partial charge in [-0.3, -0.25) is 19.4 Å². The van der Waals surface area contributed by atoms with E-state index in [4.69, 9.17) is 4.74 Å². The highest BCUT2D eigenvalue weighted by Crippen LogP contribution is 2.29. The van der Waals surface area contributed by atoms with Gasteiger partial charge in [0.1, 0.15) is 5.75 Å². The van der Waals surface area contributed by atoms with E-state index in [2.05, 4.69) is 56.1 Å². The molecular formula is C29H36N4O3S. The summed E-state index contributed by atoms with van der Waals surface area (Å²) >= 11 is 1.69. The summed E-state index contributed by atoms with van der Waals surface area (Å²) < 4.78 is 5.17. The zero-order chi connectivity index (χ0) is 26.0. The molecule has 0 unspecified atom stereocenters. The van der Waals surface area contributed by atoms with Gasteiger partial charge < -0.3 is 15.4 Å². The lowest BCUT2D eigenvalue weighted by atomic mass is 10.0. The summed E-state index contributed by atoms with van der Waals surface area (Å²) in [6, 6.07) is 22.2. The summed E-state index contributed by atoms with van der Waals surface area (Å²) in [5.41, 5.74) is 2.39. The molecule has 0 aliphatic carbocycles. The molecule has 4 rings (SSSR count). The number of benzene rings is 2. The van der Waals surface area contributed by atoms with Gasteiger partial charge in [0.2, 0.25) is 0 Å². The Morgan fingerprint density at radius 1 is 0.919 bits per heavy atom. The van der Waals surface area contributed by atoms with E-state index in [1.807, 2.05) is 43.3 Å². The molecule has 1 saturated heterocycles. The van der Waals surface area contributed by atoms with Crippen molar-refractivity contribution in [2.75, 3.05) is 39.8 Å². The second-order valence-electron chi connectivity index (χ2n) is 9.37. The van der Waals surface area contributed by atoms with E-state index in [1.54, 1.807) is 18.4 Å². The Hall–Kier alpha value is -3.20. The monoisotopic (exact) mass is 520 g/mol. The molecule has 8 heteroatoms. The van der Waals surface area contributed by atoms with E-state index < -0.39 is 11.8 Å². The number of carbonyl (C=O) groups is 2. The fourth-order valence-electron chi connectivity index (χ4n) is 4.79. The fraction of sp³-hybridized carbons (Fsp3) is 0.379. The predicted octanol–water partition coefficient (Wildman–Crippen LogP) is 3.48. The fourth-order valence-corrected chi connectivity index (χ4v) is 5.75. The minimum atomic E-state index is -0.599. The van der Waals surface area contributed by atoms with Crippen LogP contribution in [0.5, 0.6) is 5.75 Å². The molecule has 1 fully saturated rings. The van der Waals surface area contributed by atoms with Gasteiger partial charge >= 0.3 is 11.8 Å². The van der Waals surface area contributed by atoms with Gasteiger partial charge in [-0.2, -0.15) is 0 Å². The van der Waals surface area contributed by atoms with Gasteiger partial charge in [-0.15, -0.1) is 11.3 Å². The van der Waals surface area contributed by atoms with Crippen LogP contribution in [0.4, 0.5) is 0 Å². The molecule has 2 amide bonds. The molecule has 0 bridgehead atoms. The van der Waals surface area contributed by atoms with Crippen LogP contribution in [0.15, 0.2) is 72.1 Å². The van der Waals surface area contributed by atoms with Crippen LogP contribution < -0.4 is 15.4 Å². The van der Waals surface area contributed by atoms with Crippen LogP contribution >= 0.6 is 11.3 Å². The number of hydrogen-bond acceptors (Lipinski definition) is 6. The zero-order valence-electron chi connectivity index (χ0n) is 21.6. The Bertz CT molecular complexity index is 1110. The van der Waals surface area contributed by atoms with Gasteiger partial charge in [0.15, 0.2) is 0 Å². The number of amides is 2. The lowest BCUT2D eigenvalue weighted by molar-refractivity contribution is -0.139. The molecule has 1 aliphatic rings. The molecule has 1 aromatic heterocycles. The molecule has 37 heavy (non-hydrogen) atoms. The summed E-state index contributed by atoms with van der Waals surface area (Å²) in [5.74, 6) is -0.400. The van der Waals surface area contributed by atoms with E-state index in [1.165, 1.54) is 10.4 Å². The Balaban J connectivity index is 1.28. The van der Waals surface area contributed by atoms with Crippen molar-refractivity contribution in [3.05, 3.63) is 88.1 Å². The zero-order valence-corrected chi connectivity index (χ0v) is 22.4. The van der Waals surface area contributed by atoms with Crippen molar-refractivity contribution in [2.24, 2.45) is 0 Å². The van der Waals surface area contributed by atoms with Crippen molar-refractivity contribution in [2.45, 2.75) is 32.0 Å². The Morgan fingerprint density at radius 2 is 1.65 bits per heavy atom. The summed E-state index contributed by atoms with van der Waals surface area (Å²) in [6.45, 7) is 7.06. The number of nitrogens with one attached hydrogen (secondary N) is 2. The van der Waals surface area contributed by atoms with E-state index >= 15 is 0 Å². The molecule has 7 nitrogen and oxygen atoms in total. The molecule has 0 spiro atoms. The lowest BCUT2D eigenvalue weighted by Gasteiger charge is -2.41. The number of rotatable bonds is 10. The largest absolute Gasteiger partial charge is 0.497 e. The number of carbonyl (C=O) groups excluding carboxylic acids is 2. The van der Waals surface area contributed by atoms with E-state index in [-0.39, 0.29) is 12.1 Å².